The van der Waals surface area contributed by atoms with Crippen molar-refractivity contribution >= 4 is 29.7 Å². The molecule has 2 heterocycles. The number of carbonyl (C=O) groups excluding carboxylic acids is 1. The summed E-state index contributed by atoms with van der Waals surface area (Å²) in [5.41, 5.74) is 7.71. The summed E-state index contributed by atoms with van der Waals surface area (Å²) in [5.74, 6) is 0.948. The molecule has 23 heavy (non-hydrogen) atoms. The van der Waals surface area contributed by atoms with Crippen LogP contribution in [0.25, 0.3) is 0 Å². The Balaban J connectivity index is 0.00000192. The molecule has 3 nitrogen and oxygen atoms in total. The molecule has 5 heteroatoms. The largest absolute Gasteiger partial charge is 0.338 e. The molecule has 1 unspecified atom stereocenters. The van der Waals surface area contributed by atoms with Crippen molar-refractivity contribution in [3.05, 3.63) is 21.4 Å². The zero-order valence-corrected chi connectivity index (χ0v) is 16.1. The lowest BCUT2D eigenvalue weighted by Crippen LogP contribution is -2.42. The van der Waals surface area contributed by atoms with Gasteiger partial charge in [0.1, 0.15) is 0 Å². The molecule has 0 radical (unpaired) electrons. The number of amides is 1. The molecule has 3 rings (SSSR count). The Morgan fingerprint density at radius 1 is 1.26 bits per heavy atom. The quantitative estimate of drug-likeness (QED) is 0.829. The number of thiophene rings is 1. The van der Waals surface area contributed by atoms with E-state index in [1.807, 2.05) is 4.90 Å². The summed E-state index contributed by atoms with van der Waals surface area (Å²) >= 11 is 1.73. The summed E-state index contributed by atoms with van der Waals surface area (Å²) in [4.78, 5) is 17.1. The second-order valence-electron chi connectivity index (χ2n) is 7.99. The van der Waals surface area contributed by atoms with E-state index in [0.29, 0.717) is 5.41 Å². The van der Waals surface area contributed by atoms with Gasteiger partial charge in [-0.15, -0.1) is 23.7 Å². The molecule has 1 aromatic rings. The molecule has 1 aromatic heterocycles. The Morgan fingerprint density at radius 3 is 2.52 bits per heavy atom. The van der Waals surface area contributed by atoms with Crippen molar-refractivity contribution in [1.29, 1.82) is 0 Å². The molecule has 1 aliphatic heterocycles. The molecule has 0 saturated carbocycles. The second kappa shape index (κ2) is 7.12. The number of fused-ring (bicyclic) bond motifs is 1. The fraction of sp³-hybridized carbons (Fsp3) is 0.722. The molecule has 1 atom stereocenters. The van der Waals surface area contributed by atoms with Crippen LogP contribution in [0.15, 0.2) is 6.07 Å². The van der Waals surface area contributed by atoms with E-state index in [4.69, 9.17) is 5.73 Å². The minimum absolute atomic E-state index is 0. The van der Waals surface area contributed by atoms with Crippen molar-refractivity contribution in [2.45, 2.75) is 58.9 Å². The highest BCUT2D eigenvalue weighted by Crippen LogP contribution is 2.40. The van der Waals surface area contributed by atoms with Crippen LogP contribution in [0.1, 0.15) is 60.1 Å². The first kappa shape index (κ1) is 18.8. The summed E-state index contributed by atoms with van der Waals surface area (Å²) in [5, 5.41) is 0. The molecule has 1 aliphatic carbocycles. The van der Waals surface area contributed by atoms with E-state index in [1.165, 1.54) is 16.9 Å². The Bertz CT molecular complexity index is 556. The lowest BCUT2D eigenvalue weighted by Gasteiger charge is -2.33. The van der Waals surface area contributed by atoms with Gasteiger partial charge in [-0.05, 0) is 55.1 Å². The molecule has 2 aliphatic rings. The van der Waals surface area contributed by atoms with Crippen LogP contribution in [-0.4, -0.2) is 29.9 Å². The standard InChI is InChI=1S/C18H28N2OS.ClH/c1-18(2,3)13-4-5-15-12(10-13)11-16(22-15)17(21)20-8-6-14(19)7-9-20;/h11,13-14H,4-10,19H2,1-3H3;1H. The normalized spacial score (nSPS) is 22.4. The fourth-order valence-corrected chi connectivity index (χ4v) is 4.80. The third-order valence-electron chi connectivity index (χ3n) is 5.35. The van der Waals surface area contributed by atoms with Crippen LogP contribution in [0, 0.1) is 11.3 Å². The molecule has 1 fully saturated rings. The van der Waals surface area contributed by atoms with Crippen molar-refractivity contribution in [2.75, 3.05) is 13.1 Å². The number of likely N-dealkylation sites (tertiary alicyclic amines) is 1. The van der Waals surface area contributed by atoms with Crippen LogP contribution >= 0.6 is 23.7 Å². The first-order valence-corrected chi connectivity index (χ1v) is 9.32. The second-order valence-corrected chi connectivity index (χ2v) is 9.13. The van der Waals surface area contributed by atoms with Crippen LogP contribution in [0.2, 0.25) is 0 Å². The van der Waals surface area contributed by atoms with Crippen molar-refractivity contribution in [3.8, 4) is 0 Å². The highest BCUT2D eigenvalue weighted by molar-refractivity contribution is 7.14. The first-order valence-electron chi connectivity index (χ1n) is 8.51. The van der Waals surface area contributed by atoms with Crippen molar-refractivity contribution in [2.24, 2.45) is 17.1 Å². The van der Waals surface area contributed by atoms with E-state index in [2.05, 4.69) is 26.8 Å². The lowest BCUT2D eigenvalue weighted by atomic mass is 9.72. The average molecular weight is 357 g/mol. The van der Waals surface area contributed by atoms with Gasteiger partial charge in [-0.1, -0.05) is 20.8 Å². The van der Waals surface area contributed by atoms with E-state index in [1.54, 1.807) is 11.3 Å². The highest BCUT2D eigenvalue weighted by Gasteiger charge is 2.31. The lowest BCUT2D eigenvalue weighted by molar-refractivity contribution is 0.0719. The van der Waals surface area contributed by atoms with Gasteiger partial charge in [0, 0.05) is 24.0 Å². The van der Waals surface area contributed by atoms with E-state index in [9.17, 15) is 4.79 Å². The highest BCUT2D eigenvalue weighted by atomic mass is 35.5. The van der Waals surface area contributed by atoms with Gasteiger partial charge < -0.3 is 10.6 Å². The minimum Gasteiger partial charge on any atom is -0.338 e. The molecular weight excluding hydrogens is 328 g/mol. The van der Waals surface area contributed by atoms with Gasteiger partial charge in [0.25, 0.3) is 5.91 Å². The van der Waals surface area contributed by atoms with Crippen LogP contribution < -0.4 is 5.73 Å². The SMILES string of the molecule is CC(C)(C)C1CCc2sc(C(=O)N3CCC(N)CC3)cc2C1.Cl. The zero-order valence-electron chi connectivity index (χ0n) is 14.4. The summed E-state index contributed by atoms with van der Waals surface area (Å²) < 4.78 is 0. The van der Waals surface area contributed by atoms with Crippen LogP contribution in [-0.2, 0) is 12.8 Å². The maximum absolute atomic E-state index is 12.7. The van der Waals surface area contributed by atoms with Gasteiger partial charge >= 0.3 is 0 Å². The maximum Gasteiger partial charge on any atom is 0.263 e. The molecule has 0 spiro atoms. The maximum atomic E-state index is 12.7. The van der Waals surface area contributed by atoms with E-state index in [-0.39, 0.29) is 24.4 Å². The molecular formula is C18H29ClN2OS. The van der Waals surface area contributed by atoms with E-state index < -0.39 is 0 Å². The Labute approximate surface area is 150 Å². The smallest absolute Gasteiger partial charge is 0.263 e. The number of aryl methyl sites for hydroxylation is 1. The van der Waals surface area contributed by atoms with Crippen molar-refractivity contribution < 1.29 is 4.79 Å². The van der Waals surface area contributed by atoms with Gasteiger partial charge in [0.15, 0.2) is 0 Å². The number of nitrogens with zero attached hydrogens (tertiary/aromatic N) is 1. The number of halogens is 1. The topological polar surface area (TPSA) is 46.3 Å². The molecule has 0 bridgehead atoms. The third kappa shape index (κ3) is 4.09. The van der Waals surface area contributed by atoms with Crippen LogP contribution in [0.4, 0.5) is 0 Å². The number of hydrogen-bond donors (Lipinski definition) is 1. The fourth-order valence-electron chi connectivity index (χ4n) is 3.63. The summed E-state index contributed by atoms with van der Waals surface area (Å²) in [6.45, 7) is 8.62. The number of hydrogen-bond acceptors (Lipinski definition) is 3. The number of carbonyl (C=O) groups is 1. The summed E-state index contributed by atoms with van der Waals surface area (Å²) in [6.07, 6.45) is 5.39. The molecule has 2 N–H and O–H groups in total. The molecule has 0 aromatic carbocycles. The summed E-state index contributed by atoms with van der Waals surface area (Å²) in [7, 11) is 0. The zero-order chi connectivity index (χ0) is 15.9. The Morgan fingerprint density at radius 2 is 1.91 bits per heavy atom. The molecule has 1 amide bonds. The van der Waals surface area contributed by atoms with Gasteiger partial charge in [0.2, 0.25) is 0 Å². The molecule has 1 saturated heterocycles. The van der Waals surface area contributed by atoms with Gasteiger partial charge in [-0.25, -0.2) is 0 Å². The van der Waals surface area contributed by atoms with E-state index in [0.717, 1.165) is 49.6 Å². The number of rotatable bonds is 1. The van der Waals surface area contributed by atoms with Gasteiger partial charge in [-0.2, -0.15) is 0 Å². The summed E-state index contributed by atoms with van der Waals surface area (Å²) in [6, 6.07) is 2.45. The average Bonchev–Trinajstić information content (AvgIpc) is 2.89. The number of piperidine rings is 1. The van der Waals surface area contributed by atoms with Gasteiger partial charge in [-0.3, -0.25) is 4.79 Å². The number of nitrogens with two attached hydrogens (primary N) is 1. The van der Waals surface area contributed by atoms with Crippen LogP contribution in [0.3, 0.4) is 0 Å². The van der Waals surface area contributed by atoms with Crippen LogP contribution in [0.5, 0.6) is 0 Å². The van der Waals surface area contributed by atoms with Gasteiger partial charge in [0.05, 0.1) is 4.88 Å². The predicted octanol–water partition coefficient (Wildman–Crippen LogP) is 3.88. The monoisotopic (exact) mass is 356 g/mol. The minimum atomic E-state index is 0. The Hall–Kier alpha value is -0.580. The van der Waals surface area contributed by atoms with Crippen molar-refractivity contribution in [3.63, 3.8) is 0 Å². The van der Waals surface area contributed by atoms with E-state index >= 15 is 0 Å². The first-order chi connectivity index (χ1) is 10.3. The van der Waals surface area contributed by atoms with Crippen molar-refractivity contribution in [1.82, 2.24) is 4.90 Å². The molecule has 130 valence electrons. The third-order valence-corrected chi connectivity index (χ3v) is 6.57. The predicted molar refractivity (Wildman–Crippen MR) is 99.6 cm³/mol. The Kier molecular flexibility index (Phi) is 5.81.